The molecule has 0 aromatic carbocycles. The Labute approximate surface area is 228 Å². The summed E-state index contributed by atoms with van der Waals surface area (Å²) in [6.45, 7) is 2.05. The van der Waals surface area contributed by atoms with Crippen molar-refractivity contribution in [2.75, 3.05) is 26.7 Å². The van der Waals surface area contributed by atoms with E-state index in [1.807, 2.05) is 0 Å². The Morgan fingerprint density at radius 1 is 1.26 bits per heavy atom. The topological polar surface area (TPSA) is 125 Å². The van der Waals surface area contributed by atoms with Gasteiger partial charge in [0.2, 0.25) is 5.88 Å². The van der Waals surface area contributed by atoms with Gasteiger partial charge in [0.1, 0.15) is 0 Å². The molecule has 1 atom stereocenters. The van der Waals surface area contributed by atoms with E-state index in [-0.39, 0.29) is 42.0 Å². The molecule has 10 heteroatoms. The molecule has 35 heavy (non-hydrogen) atoms. The quantitative estimate of drug-likeness (QED) is 0.398. The summed E-state index contributed by atoms with van der Waals surface area (Å²) >= 11 is 0. The van der Waals surface area contributed by atoms with Crippen LogP contribution in [0.5, 0.6) is 5.88 Å². The Balaban J connectivity index is 0.00000342. The van der Waals surface area contributed by atoms with Crippen LogP contribution in [0.15, 0.2) is 24.4 Å². The number of aliphatic carboxylic acids is 1. The number of urea groups is 1. The number of aryl methyl sites for hydroxylation is 3. The molecule has 2 N–H and O–H groups in total. The van der Waals surface area contributed by atoms with Crippen molar-refractivity contribution < 1.29 is 49.0 Å². The Kier molecular flexibility index (Phi) is 9.91. The zero-order valence-electron chi connectivity index (χ0n) is 20.7. The summed E-state index contributed by atoms with van der Waals surface area (Å²) in [7, 11) is 1.51. The number of rotatable bonds is 10. The second-order valence-electron chi connectivity index (χ2n) is 8.90. The van der Waals surface area contributed by atoms with Gasteiger partial charge in [-0.3, -0.25) is 4.98 Å². The van der Waals surface area contributed by atoms with E-state index in [1.54, 1.807) is 28.1 Å². The standard InChI is InChI=1S/C25H33N5O4.Na/c1-34-23-9-8-18(16-27-23)22(14-24(31)32)30-12-11-29(25(30)33)10-4-7-21-19(15-26)13-17-5-2-3-6-20(17)28-21;/h8-9,13,16,22H,2-7,10-12,14-15,26H2,1H3,(H,31,32);/q;+1/p-1/t22-;/m0./s1. The number of nitrogens with two attached hydrogens (primary N) is 1. The zero-order valence-corrected chi connectivity index (χ0v) is 22.7. The average Bonchev–Trinajstić information content (AvgIpc) is 3.21. The Bertz CT molecular complexity index is 1030. The fourth-order valence-corrected chi connectivity index (χ4v) is 4.93. The van der Waals surface area contributed by atoms with Gasteiger partial charge in [-0.25, -0.2) is 9.78 Å². The molecule has 3 heterocycles. The second-order valence-corrected chi connectivity index (χ2v) is 8.90. The first-order valence-corrected chi connectivity index (χ1v) is 12.0. The third-order valence-electron chi connectivity index (χ3n) is 6.75. The molecule has 182 valence electrons. The second kappa shape index (κ2) is 12.7. The molecule has 1 aliphatic carbocycles. The summed E-state index contributed by atoms with van der Waals surface area (Å²) in [5, 5.41) is 11.4. The zero-order chi connectivity index (χ0) is 24.1. The van der Waals surface area contributed by atoms with E-state index in [0.717, 1.165) is 36.9 Å². The van der Waals surface area contributed by atoms with Gasteiger partial charge in [-0.05, 0) is 55.2 Å². The summed E-state index contributed by atoms with van der Waals surface area (Å²) in [5.74, 6) is -0.780. The van der Waals surface area contributed by atoms with Crippen molar-refractivity contribution in [1.29, 1.82) is 0 Å². The summed E-state index contributed by atoms with van der Waals surface area (Å²) in [4.78, 5) is 37.0. The number of carbonyl (C=O) groups excluding carboxylic acids is 2. The molecule has 0 radical (unpaired) electrons. The van der Waals surface area contributed by atoms with Gasteiger partial charge in [0.25, 0.3) is 0 Å². The smallest absolute Gasteiger partial charge is 0.550 e. The third kappa shape index (κ3) is 6.52. The first-order valence-electron chi connectivity index (χ1n) is 12.0. The molecule has 0 bridgehead atoms. The van der Waals surface area contributed by atoms with Crippen LogP contribution < -0.4 is 45.1 Å². The number of carboxylic acid groups (broad SMARTS) is 1. The average molecular weight is 490 g/mol. The van der Waals surface area contributed by atoms with Gasteiger partial charge in [-0.15, -0.1) is 0 Å². The van der Waals surface area contributed by atoms with Crippen molar-refractivity contribution in [3.05, 3.63) is 52.5 Å². The van der Waals surface area contributed by atoms with Gasteiger partial charge in [-0.1, -0.05) is 12.1 Å². The van der Waals surface area contributed by atoms with E-state index >= 15 is 0 Å². The van der Waals surface area contributed by atoms with Gasteiger partial charge in [-0.2, -0.15) is 0 Å². The molecule has 1 saturated heterocycles. The normalized spacial score (nSPS) is 16.0. The van der Waals surface area contributed by atoms with Gasteiger partial charge in [0.15, 0.2) is 0 Å². The van der Waals surface area contributed by atoms with Gasteiger partial charge in [0.05, 0.1) is 13.2 Å². The number of amides is 2. The number of fused-ring (bicyclic) bond motifs is 1. The van der Waals surface area contributed by atoms with Crippen molar-refractivity contribution >= 4 is 12.0 Å². The van der Waals surface area contributed by atoms with Crippen molar-refractivity contribution in [2.24, 2.45) is 5.73 Å². The molecule has 0 unspecified atom stereocenters. The maximum absolute atomic E-state index is 13.1. The maximum atomic E-state index is 13.1. The number of nitrogens with zero attached hydrogens (tertiary/aromatic N) is 4. The molecule has 1 fully saturated rings. The summed E-state index contributed by atoms with van der Waals surface area (Å²) in [6, 6.07) is 4.82. The van der Waals surface area contributed by atoms with E-state index < -0.39 is 12.0 Å². The van der Waals surface area contributed by atoms with Crippen LogP contribution in [0, 0.1) is 0 Å². The number of hydrogen-bond donors (Lipinski definition) is 1. The fraction of sp³-hybridized carbons (Fsp3) is 0.520. The third-order valence-corrected chi connectivity index (χ3v) is 6.75. The van der Waals surface area contributed by atoms with Gasteiger partial charge in [0, 0.05) is 62.2 Å². The molecule has 9 nitrogen and oxygen atoms in total. The van der Waals surface area contributed by atoms with Gasteiger partial charge >= 0.3 is 35.6 Å². The fourth-order valence-electron chi connectivity index (χ4n) is 4.93. The molecule has 2 aromatic rings. The monoisotopic (exact) mass is 489 g/mol. The van der Waals surface area contributed by atoms with Crippen LogP contribution in [0.3, 0.4) is 0 Å². The Hall–Kier alpha value is -2.20. The minimum absolute atomic E-state index is 0. The number of pyridine rings is 2. The number of aromatic nitrogens is 2. The van der Waals surface area contributed by atoms with Crippen LogP contribution in [0.1, 0.15) is 59.8 Å². The van der Waals surface area contributed by atoms with Crippen molar-refractivity contribution in [3.63, 3.8) is 0 Å². The van der Waals surface area contributed by atoms with Crippen LogP contribution in [0.2, 0.25) is 0 Å². The van der Waals surface area contributed by atoms with Crippen molar-refractivity contribution in [2.45, 2.75) is 57.5 Å². The molecule has 4 rings (SSSR count). The van der Waals surface area contributed by atoms with E-state index in [9.17, 15) is 14.7 Å². The van der Waals surface area contributed by atoms with Crippen LogP contribution in [0.4, 0.5) is 4.79 Å². The largest absolute Gasteiger partial charge is 1.00 e. The summed E-state index contributed by atoms with van der Waals surface area (Å²) < 4.78 is 5.08. The molecule has 2 aliphatic rings. The van der Waals surface area contributed by atoms with Crippen molar-refractivity contribution in [1.82, 2.24) is 19.8 Å². The van der Waals surface area contributed by atoms with Crippen LogP contribution in [-0.2, 0) is 30.6 Å². The predicted octanol–water partition coefficient (Wildman–Crippen LogP) is -1.62. The van der Waals surface area contributed by atoms with Crippen LogP contribution >= 0.6 is 0 Å². The first kappa shape index (κ1) is 27.4. The predicted molar refractivity (Wildman–Crippen MR) is 124 cm³/mol. The molecule has 2 aromatic heterocycles. The minimum atomic E-state index is -1.21. The van der Waals surface area contributed by atoms with Crippen LogP contribution in [-0.4, -0.2) is 58.5 Å². The van der Waals surface area contributed by atoms with E-state index in [1.165, 1.54) is 31.2 Å². The molecular formula is C25H32N5NaO4. The maximum Gasteiger partial charge on any atom is 1.00 e. The minimum Gasteiger partial charge on any atom is -0.550 e. The molecule has 0 saturated carbocycles. The number of methoxy groups -OCH3 is 1. The Morgan fingerprint density at radius 2 is 2.06 bits per heavy atom. The van der Waals surface area contributed by atoms with E-state index in [0.29, 0.717) is 37.6 Å². The summed E-state index contributed by atoms with van der Waals surface area (Å²) in [6.07, 6.45) is 7.28. The SMILES string of the molecule is COc1ccc([C@H](CC(=O)[O-])N2CCN(CCCc3nc4c(cc3CN)CCCC4)C2=O)cn1.[Na+]. The van der Waals surface area contributed by atoms with E-state index in [2.05, 4.69) is 11.1 Å². The van der Waals surface area contributed by atoms with Crippen molar-refractivity contribution in [3.8, 4) is 5.88 Å². The Morgan fingerprint density at radius 3 is 2.74 bits per heavy atom. The molecular weight excluding hydrogens is 457 g/mol. The number of carbonyl (C=O) groups is 2. The van der Waals surface area contributed by atoms with E-state index in [4.69, 9.17) is 15.5 Å². The summed E-state index contributed by atoms with van der Waals surface area (Å²) in [5.41, 5.74) is 11.3. The van der Waals surface area contributed by atoms with Gasteiger partial charge < -0.3 is 30.2 Å². The molecule has 2 amide bonds. The number of hydrogen-bond acceptors (Lipinski definition) is 7. The number of ether oxygens (including phenoxy) is 1. The number of carboxylic acids is 1. The molecule has 1 aliphatic heterocycles. The van der Waals surface area contributed by atoms with Crippen LogP contribution in [0.25, 0.3) is 0 Å². The first-order chi connectivity index (χ1) is 16.5. The molecule has 0 spiro atoms.